The summed E-state index contributed by atoms with van der Waals surface area (Å²) >= 11 is 4.72. The van der Waals surface area contributed by atoms with E-state index in [1.54, 1.807) is 6.07 Å². The highest BCUT2D eigenvalue weighted by atomic mass is 79.9. The van der Waals surface area contributed by atoms with Crippen LogP contribution < -0.4 is 0 Å². The van der Waals surface area contributed by atoms with Crippen LogP contribution in [0.15, 0.2) is 46.7 Å². The average Bonchev–Trinajstić information content (AvgIpc) is 2.77. The average molecular weight is 327 g/mol. The van der Waals surface area contributed by atoms with Crippen molar-refractivity contribution in [3.63, 3.8) is 0 Å². The number of carboxylic acid groups (broad SMARTS) is 1. The molecule has 0 aliphatic carbocycles. The number of rotatable bonds is 3. The van der Waals surface area contributed by atoms with Crippen molar-refractivity contribution in [1.82, 2.24) is 0 Å². The summed E-state index contributed by atoms with van der Waals surface area (Å²) in [4.78, 5) is 11.9. The molecule has 1 aromatic carbocycles. The third kappa shape index (κ3) is 3.05. The predicted molar refractivity (Wildman–Crippen MR) is 74.2 cm³/mol. The van der Waals surface area contributed by atoms with E-state index in [0.717, 1.165) is 21.0 Å². The topological polar surface area (TPSA) is 37.3 Å². The van der Waals surface area contributed by atoms with Crippen molar-refractivity contribution in [2.24, 2.45) is 0 Å². The fourth-order valence-electron chi connectivity index (χ4n) is 1.41. The second-order valence-electron chi connectivity index (χ2n) is 3.51. The van der Waals surface area contributed by atoms with E-state index in [9.17, 15) is 9.18 Å². The number of carboxylic acids is 1. The van der Waals surface area contributed by atoms with E-state index in [4.69, 9.17) is 5.11 Å². The van der Waals surface area contributed by atoms with Crippen LogP contribution in [0, 0.1) is 0 Å². The largest absolute Gasteiger partial charge is 0.476 e. The van der Waals surface area contributed by atoms with Gasteiger partial charge >= 0.3 is 5.97 Å². The minimum absolute atomic E-state index is 0.574. The van der Waals surface area contributed by atoms with Gasteiger partial charge in [0.15, 0.2) is 0 Å². The molecule has 18 heavy (non-hydrogen) atoms. The highest BCUT2D eigenvalue weighted by Crippen LogP contribution is 2.30. The van der Waals surface area contributed by atoms with Crippen molar-refractivity contribution >= 4 is 39.3 Å². The highest BCUT2D eigenvalue weighted by Gasteiger charge is 2.07. The normalized spacial score (nSPS) is 11.6. The van der Waals surface area contributed by atoms with Crippen LogP contribution in [0.4, 0.5) is 4.39 Å². The van der Waals surface area contributed by atoms with Crippen LogP contribution in [-0.4, -0.2) is 11.1 Å². The first kappa shape index (κ1) is 13.0. The van der Waals surface area contributed by atoms with Gasteiger partial charge < -0.3 is 5.11 Å². The summed E-state index contributed by atoms with van der Waals surface area (Å²) in [5, 5.41) is 8.46. The van der Waals surface area contributed by atoms with Crippen molar-refractivity contribution in [3.8, 4) is 10.4 Å². The summed E-state index contributed by atoms with van der Waals surface area (Å²) in [6.07, 6.45) is 1.02. The first-order valence-electron chi connectivity index (χ1n) is 5.02. The van der Waals surface area contributed by atoms with Gasteiger partial charge in [-0.25, -0.2) is 4.79 Å². The molecule has 2 aromatic rings. The van der Waals surface area contributed by atoms with E-state index in [1.165, 1.54) is 11.3 Å². The Morgan fingerprint density at radius 3 is 2.78 bits per heavy atom. The van der Waals surface area contributed by atoms with Crippen LogP contribution in [0.3, 0.4) is 0 Å². The van der Waals surface area contributed by atoms with Crippen LogP contribution in [0.1, 0.15) is 4.88 Å². The van der Waals surface area contributed by atoms with Gasteiger partial charge in [-0.15, -0.1) is 11.3 Å². The van der Waals surface area contributed by atoms with Crippen LogP contribution >= 0.6 is 27.3 Å². The van der Waals surface area contributed by atoms with Crippen LogP contribution in [0.25, 0.3) is 16.5 Å². The zero-order valence-electron chi connectivity index (χ0n) is 9.06. The molecule has 0 radical (unpaired) electrons. The highest BCUT2D eigenvalue weighted by molar-refractivity contribution is 9.10. The first-order valence-corrected chi connectivity index (χ1v) is 6.63. The minimum Gasteiger partial charge on any atom is -0.476 e. The number of thiophene rings is 1. The molecule has 92 valence electrons. The molecule has 0 amide bonds. The summed E-state index contributed by atoms with van der Waals surface area (Å²) in [5.41, 5.74) is 1.00. The second-order valence-corrected chi connectivity index (χ2v) is 5.54. The number of aliphatic carboxylic acids is 1. The minimum atomic E-state index is -1.55. The van der Waals surface area contributed by atoms with Gasteiger partial charge in [-0.1, -0.05) is 28.1 Å². The SMILES string of the molecule is O=C(O)C(F)=Cc1ccc(-c2cccc(Br)c2)s1. The lowest BCUT2D eigenvalue weighted by Crippen LogP contribution is -1.93. The van der Waals surface area contributed by atoms with E-state index in [1.807, 2.05) is 30.3 Å². The molecular weight excluding hydrogens is 319 g/mol. The monoisotopic (exact) mass is 326 g/mol. The maximum absolute atomic E-state index is 12.9. The van der Waals surface area contributed by atoms with Crippen molar-refractivity contribution in [2.45, 2.75) is 0 Å². The van der Waals surface area contributed by atoms with E-state index in [-0.39, 0.29) is 0 Å². The summed E-state index contributed by atoms with van der Waals surface area (Å²) in [5.74, 6) is -2.70. The summed E-state index contributed by atoms with van der Waals surface area (Å²) in [6.45, 7) is 0. The van der Waals surface area contributed by atoms with Gasteiger partial charge in [0.05, 0.1) is 0 Å². The smallest absolute Gasteiger partial charge is 0.364 e. The molecule has 0 saturated heterocycles. The Kier molecular flexibility index (Phi) is 3.93. The van der Waals surface area contributed by atoms with Crippen LogP contribution in [0.5, 0.6) is 0 Å². The maximum Gasteiger partial charge on any atom is 0.364 e. The molecule has 0 saturated carbocycles. The molecular formula is C13H8BrFO2S. The fraction of sp³-hybridized carbons (Fsp3) is 0. The standard InChI is InChI=1S/C13H8BrFO2S/c14-9-3-1-2-8(6-9)12-5-4-10(18-12)7-11(15)13(16)17/h1-7H,(H,16,17). The molecule has 1 aromatic heterocycles. The van der Waals surface area contributed by atoms with Gasteiger partial charge in [-0.2, -0.15) is 4.39 Å². The Morgan fingerprint density at radius 1 is 1.33 bits per heavy atom. The number of hydrogen-bond donors (Lipinski definition) is 1. The number of halogens is 2. The third-order valence-corrected chi connectivity index (χ3v) is 3.78. The summed E-state index contributed by atoms with van der Waals surface area (Å²) < 4.78 is 13.9. The lowest BCUT2D eigenvalue weighted by atomic mass is 10.2. The van der Waals surface area contributed by atoms with Gasteiger partial charge in [0.25, 0.3) is 0 Å². The Balaban J connectivity index is 2.31. The molecule has 2 rings (SSSR count). The lowest BCUT2D eigenvalue weighted by molar-refractivity contribution is -0.134. The Bertz CT molecular complexity index is 619. The number of carbonyl (C=O) groups is 1. The second kappa shape index (κ2) is 5.46. The van der Waals surface area contributed by atoms with Crippen molar-refractivity contribution in [1.29, 1.82) is 0 Å². The molecule has 0 spiro atoms. The van der Waals surface area contributed by atoms with Gasteiger partial charge in [-0.05, 0) is 35.9 Å². The number of hydrogen-bond acceptors (Lipinski definition) is 2. The molecule has 0 aliphatic rings. The molecule has 1 N–H and O–H groups in total. The molecule has 5 heteroatoms. The molecule has 0 aliphatic heterocycles. The van der Waals surface area contributed by atoms with Gasteiger partial charge in [-0.3, -0.25) is 0 Å². The zero-order chi connectivity index (χ0) is 13.1. The van der Waals surface area contributed by atoms with Crippen molar-refractivity contribution in [2.75, 3.05) is 0 Å². The fourth-order valence-corrected chi connectivity index (χ4v) is 2.75. The van der Waals surface area contributed by atoms with Crippen LogP contribution in [-0.2, 0) is 4.79 Å². The van der Waals surface area contributed by atoms with Gasteiger partial charge in [0, 0.05) is 14.2 Å². The van der Waals surface area contributed by atoms with Gasteiger partial charge in [0.2, 0.25) is 5.83 Å². The van der Waals surface area contributed by atoms with Gasteiger partial charge in [0.1, 0.15) is 0 Å². The predicted octanol–water partition coefficient (Wildman–Crippen LogP) is 4.57. The molecule has 1 heterocycles. The Labute approximate surface area is 116 Å². The zero-order valence-corrected chi connectivity index (χ0v) is 11.5. The molecule has 0 unspecified atom stereocenters. The summed E-state index contributed by atoms with van der Waals surface area (Å²) in [7, 11) is 0. The lowest BCUT2D eigenvalue weighted by Gasteiger charge is -1.97. The molecule has 0 bridgehead atoms. The Morgan fingerprint density at radius 2 is 2.11 bits per heavy atom. The van der Waals surface area contributed by atoms with Crippen molar-refractivity contribution in [3.05, 3.63) is 51.6 Å². The first-order chi connectivity index (χ1) is 8.56. The maximum atomic E-state index is 12.9. The van der Waals surface area contributed by atoms with E-state index in [0.29, 0.717) is 4.88 Å². The van der Waals surface area contributed by atoms with E-state index < -0.39 is 11.8 Å². The molecule has 0 atom stereocenters. The number of benzene rings is 1. The quantitative estimate of drug-likeness (QED) is 0.839. The third-order valence-electron chi connectivity index (χ3n) is 2.21. The molecule has 2 nitrogen and oxygen atoms in total. The van der Waals surface area contributed by atoms with Crippen molar-refractivity contribution < 1.29 is 14.3 Å². The van der Waals surface area contributed by atoms with E-state index in [2.05, 4.69) is 15.9 Å². The van der Waals surface area contributed by atoms with E-state index >= 15 is 0 Å². The summed E-state index contributed by atoms with van der Waals surface area (Å²) in [6, 6.07) is 11.3. The van der Waals surface area contributed by atoms with Crippen LogP contribution in [0.2, 0.25) is 0 Å². The Hall–Kier alpha value is -1.46. The molecule has 0 fully saturated rings.